The van der Waals surface area contributed by atoms with Crippen molar-refractivity contribution in [2.75, 3.05) is 18.6 Å². The van der Waals surface area contributed by atoms with Crippen LogP contribution in [0.25, 0.3) is 0 Å². The van der Waals surface area contributed by atoms with E-state index >= 15 is 0 Å². The molecule has 22 heavy (non-hydrogen) atoms. The van der Waals surface area contributed by atoms with Crippen molar-refractivity contribution in [3.05, 3.63) is 29.8 Å². The van der Waals surface area contributed by atoms with E-state index in [0.29, 0.717) is 6.42 Å². The molecule has 5 heteroatoms. The summed E-state index contributed by atoms with van der Waals surface area (Å²) in [5, 5.41) is 9.57. The van der Waals surface area contributed by atoms with Crippen molar-refractivity contribution in [1.82, 2.24) is 0 Å². The summed E-state index contributed by atoms with van der Waals surface area (Å²) in [5.74, 6) is -0.651. The van der Waals surface area contributed by atoms with Crippen LogP contribution in [0.5, 0.6) is 0 Å². The van der Waals surface area contributed by atoms with Gasteiger partial charge in [-0.25, -0.2) is 0 Å². The largest absolute Gasteiger partial charge is 0.465 e. The van der Waals surface area contributed by atoms with E-state index in [1.54, 1.807) is 25.8 Å². The average molecular weight is 300 g/mol. The number of fused-ring (bicyclic) bond motifs is 1. The van der Waals surface area contributed by atoms with Crippen molar-refractivity contribution in [1.29, 1.82) is 5.26 Å². The third kappa shape index (κ3) is 2.35. The number of carbonyl (C=O) groups excluding carboxylic acids is 2. The number of ether oxygens (including phenoxy) is 1. The molecule has 0 N–H and O–H groups in total. The molecule has 1 aromatic carbocycles. The molecule has 1 heterocycles. The van der Waals surface area contributed by atoms with Gasteiger partial charge in [0.05, 0.1) is 11.5 Å². The Morgan fingerprint density at radius 2 is 2.09 bits per heavy atom. The summed E-state index contributed by atoms with van der Waals surface area (Å²) in [6.45, 7) is 4.64. The number of rotatable bonds is 3. The Morgan fingerprint density at radius 1 is 1.45 bits per heavy atom. The predicted molar refractivity (Wildman–Crippen MR) is 82.0 cm³/mol. The number of carbonyl (C=O) groups is 2. The molecular formula is C17H20N2O3. The predicted octanol–water partition coefficient (Wildman–Crippen LogP) is 2.30. The minimum atomic E-state index is -1.09. The van der Waals surface area contributed by atoms with Crippen molar-refractivity contribution < 1.29 is 14.3 Å². The fourth-order valence-corrected chi connectivity index (χ4v) is 2.93. The molecule has 2 rings (SSSR count). The highest BCUT2D eigenvalue weighted by molar-refractivity contribution is 6.01. The highest BCUT2D eigenvalue weighted by Gasteiger charge is 2.56. The van der Waals surface area contributed by atoms with Crippen LogP contribution in [0.3, 0.4) is 0 Å². The van der Waals surface area contributed by atoms with Crippen LogP contribution in [0.4, 0.5) is 5.69 Å². The Bertz CT molecular complexity index is 660. The van der Waals surface area contributed by atoms with Crippen molar-refractivity contribution >= 4 is 17.6 Å². The van der Waals surface area contributed by atoms with Crippen molar-refractivity contribution in [2.24, 2.45) is 10.8 Å². The molecular weight excluding hydrogens is 280 g/mol. The van der Waals surface area contributed by atoms with Crippen LogP contribution < -0.4 is 4.90 Å². The van der Waals surface area contributed by atoms with E-state index in [1.807, 2.05) is 24.3 Å². The zero-order valence-corrected chi connectivity index (χ0v) is 13.3. The number of nitrogens with zero attached hydrogens (tertiary/aromatic N) is 2. The maximum Gasteiger partial charge on any atom is 0.302 e. The van der Waals surface area contributed by atoms with Gasteiger partial charge in [-0.1, -0.05) is 18.2 Å². The molecule has 0 spiro atoms. The van der Waals surface area contributed by atoms with Gasteiger partial charge < -0.3 is 9.64 Å². The second kappa shape index (κ2) is 5.45. The van der Waals surface area contributed by atoms with E-state index in [1.165, 1.54) is 6.92 Å². The van der Waals surface area contributed by atoms with E-state index in [0.717, 1.165) is 11.3 Å². The summed E-state index contributed by atoms with van der Waals surface area (Å²) in [5.41, 5.74) is -0.252. The Hall–Kier alpha value is -2.35. The molecule has 1 unspecified atom stereocenters. The number of para-hydroxylation sites is 1. The van der Waals surface area contributed by atoms with Gasteiger partial charge in [0.15, 0.2) is 0 Å². The zero-order chi connectivity index (χ0) is 16.5. The standard InChI is InChI=1S/C17H20N2O3/c1-12(20)22-11-17(16(2,3)10-18)9-13-7-5-6-8-14(13)19(4)15(17)21/h5-8H,9,11H2,1-4H3. The number of hydrogen-bond donors (Lipinski definition) is 0. The van der Waals surface area contributed by atoms with Crippen LogP contribution in [0, 0.1) is 22.2 Å². The van der Waals surface area contributed by atoms with Gasteiger partial charge in [-0.3, -0.25) is 9.59 Å². The van der Waals surface area contributed by atoms with E-state index in [4.69, 9.17) is 4.74 Å². The monoisotopic (exact) mass is 300 g/mol. The van der Waals surface area contributed by atoms with Crippen LogP contribution in [0.1, 0.15) is 26.3 Å². The topological polar surface area (TPSA) is 70.4 Å². The summed E-state index contributed by atoms with van der Waals surface area (Å²) in [6, 6.07) is 9.81. The van der Waals surface area contributed by atoms with E-state index in [-0.39, 0.29) is 12.5 Å². The highest BCUT2D eigenvalue weighted by Crippen LogP contribution is 2.48. The maximum atomic E-state index is 13.0. The van der Waals surface area contributed by atoms with Gasteiger partial charge in [-0.05, 0) is 31.9 Å². The van der Waals surface area contributed by atoms with Gasteiger partial charge >= 0.3 is 5.97 Å². The molecule has 0 bridgehead atoms. The van der Waals surface area contributed by atoms with Crippen molar-refractivity contribution in [2.45, 2.75) is 27.2 Å². The quantitative estimate of drug-likeness (QED) is 0.803. The molecule has 1 aliphatic heterocycles. The summed E-state index contributed by atoms with van der Waals surface area (Å²) in [4.78, 5) is 25.8. The number of esters is 1. The third-order valence-electron chi connectivity index (χ3n) is 4.56. The molecule has 5 nitrogen and oxygen atoms in total. The highest BCUT2D eigenvalue weighted by atomic mass is 16.5. The van der Waals surface area contributed by atoms with Gasteiger partial charge in [-0.15, -0.1) is 0 Å². The van der Waals surface area contributed by atoms with E-state index in [2.05, 4.69) is 6.07 Å². The van der Waals surface area contributed by atoms with Crippen LogP contribution >= 0.6 is 0 Å². The molecule has 0 aromatic heterocycles. The van der Waals surface area contributed by atoms with Gasteiger partial charge in [0.25, 0.3) is 0 Å². The Labute approximate surface area is 130 Å². The van der Waals surface area contributed by atoms with Crippen LogP contribution in [0.2, 0.25) is 0 Å². The molecule has 116 valence electrons. The SMILES string of the molecule is CC(=O)OCC1(C(C)(C)C#N)Cc2ccccc2N(C)C1=O. The molecule has 1 atom stereocenters. The van der Waals surface area contributed by atoms with Crippen LogP contribution in [-0.2, 0) is 20.7 Å². The van der Waals surface area contributed by atoms with Crippen molar-refractivity contribution in [3.63, 3.8) is 0 Å². The van der Waals surface area contributed by atoms with Crippen LogP contribution in [0.15, 0.2) is 24.3 Å². The average Bonchev–Trinajstić information content (AvgIpc) is 2.49. The molecule has 0 fully saturated rings. The minimum absolute atomic E-state index is 0.0968. The lowest BCUT2D eigenvalue weighted by Gasteiger charge is -2.46. The molecule has 0 saturated heterocycles. The number of nitriles is 1. The Balaban J connectivity index is 2.57. The van der Waals surface area contributed by atoms with Gasteiger partial charge in [0, 0.05) is 19.7 Å². The van der Waals surface area contributed by atoms with Crippen LogP contribution in [-0.4, -0.2) is 25.5 Å². The fraction of sp³-hybridized carbons (Fsp3) is 0.471. The lowest BCUT2D eigenvalue weighted by molar-refractivity contribution is -0.152. The zero-order valence-electron chi connectivity index (χ0n) is 13.3. The Morgan fingerprint density at radius 3 is 2.68 bits per heavy atom. The summed E-state index contributed by atoms with van der Waals surface area (Å²) < 4.78 is 5.17. The maximum absolute atomic E-state index is 13.0. The minimum Gasteiger partial charge on any atom is -0.465 e. The fourth-order valence-electron chi connectivity index (χ4n) is 2.93. The van der Waals surface area contributed by atoms with Gasteiger partial charge in [0.2, 0.25) is 5.91 Å². The third-order valence-corrected chi connectivity index (χ3v) is 4.56. The van der Waals surface area contributed by atoms with E-state index in [9.17, 15) is 14.9 Å². The molecule has 1 aromatic rings. The van der Waals surface area contributed by atoms with Gasteiger partial charge in [-0.2, -0.15) is 5.26 Å². The summed E-state index contributed by atoms with van der Waals surface area (Å²) >= 11 is 0. The molecule has 0 saturated carbocycles. The summed E-state index contributed by atoms with van der Waals surface area (Å²) in [7, 11) is 1.69. The number of benzene rings is 1. The number of anilines is 1. The normalized spacial score (nSPS) is 21.0. The smallest absolute Gasteiger partial charge is 0.302 e. The molecule has 0 aliphatic carbocycles. The number of hydrogen-bond acceptors (Lipinski definition) is 4. The Kier molecular flexibility index (Phi) is 3.97. The molecule has 1 amide bonds. The van der Waals surface area contributed by atoms with Crippen molar-refractivity contribution in [3.8, 4) is 6.07 Å². The lowest BCUT2D eigenvalue weighted by atomic mass is 9.61. The van der Waals surface area contributed by atoms with Gasteiger partial charge in [0.1, 0.15) is 12.0 Å². The van der Waals surface area contributed by atoms with E-state index < -0.39 is 16.8 Å². The summed E-state index contributed by atoms with van der Waals surface area (Å²) in [6.07, 6.45) is 0.375. The lowest BCUT2D eigenvalue weighted by Crippen LogP contribution is -2.57. The first-order valence-electron chi connectivity index (χ1n) is 7.16. The number of amides is 1. The molecule has 0 radical (unpaired) electrons. The second-order valence-corrected chi connectivity index (χ2v) is 6.27. The first-order valence-corrected chi connectivity index (χ1v) is 7.16. The first kappa shape index (κ1) is 16.0. The first-order chi connectivity index (χ1) is 10.2. The second-order valence-electron chi connectivity index (χ2n) is 6.27. The molecule has 1 aliphatic rings.